The van der Waals surface area contributed by atoms with Crippen molar-refractivity contribution in [3.05, 3.63) is 42.0 Å². The van der Waals surface area contributed by atoms with Gasteiger partial charge in [0.15, 0.2) is 0 Å². The molecule has 0 aromatic heterocycles. The molecule has 1 amide bonds. The number of alkyl halides is 2. The predicted molar refractivity (Wildman–Crippen MR) is 64.3 cm³/mol. The molecular formula is C13H15F2NO. The van der Waals surface area contributed by atoms with Crippen molar-refractivity contribution in [2.45, 2.75) is 26.2 Å². The van der Waals surface area contributed by atoms with E-state index in [9.17, 15) is 13.6 Å². The quantitative estimate of drug-likeness (QED) is 0.794. The molecule has 4 heteroatoms. The lowest BCUT2D eigenvalue weighted by Crippen LogP contribution is -2.10. The third-order valence-electron chi connectivity index (χ3n) is 2.39. The van der Waals surface area contributed by atoms with Gasteiger partial charge in [-0.1, -0.05) is 32.6 Å². The van der Waals surface area contributed by atoms with Crippen molar-refractivity contribution in [3.63, 3.8) is 0 Å². The summed E-state index contributed by atoms with van der Waals surface area (Å²) in [7, 11) is 0. The van der Waals surface area contributed by atoms with Gasteiger partial charge < -0.3 is 5.32 Å². The largest absolute Gasteiger partial charge is 0.322 e. The monoisotopic (exact) mass is 239 g/mol. The third-order valence-corrected chi connectivity index (χ3v) is 2.39. The highest BCUT2D eigenvalue weighted by Gasteiger charge is 2.13. The highest BCUT2D eigenvalue weighted by Crippen LogP contribution is 2.29. The van der Waals surface area contributed by atoms with E-state index in [1.54, 1.807) is 6.07 Å². The van der Waals surface area contributed by atoms with Crippen LogP contribution in [0.3, 0.4) is 0 Å². The molecule has 17 heavy (non-hydrogen) atoms. The highest BCUT2D eigenvalue weighted by molar-refractivity contribution is 5.99. The fraction of sp³-hybridized carbons (Fsp3) is 0.308. The summed E-state index contributed by atoms with van der Waals surface area (Å²) in [6.45, 7) is 7.19. The van der Waals surface area contributed by atoms with Crippen LogP contribution in [0.2, 0.25) is 0 Å². The number of halogens is 2. The summed E-state index contributed by atoms with van der Waals surface area (Å²) >= 11 is 0. The zero-order valence-electron chi connectivity index (χ0n) is 9.84. The van der Waals surface area contributed by atoms with Crippen LogP contribution in [0.25, 0.3) is 0 Å². The number of nitrogens with one attached hydrogen (secondary N) is 1. The molecule has 0 saturated heterocycles. The average molecular weight is 239 g/mol. The van der Waals surface area contributed by atoms with Gasteiger partial charge >= 0.3 is 0 Å². The smallest absolute Gasteiger partial charge is 0.263 e. The van der Waals surface area contributed by atoms with E-state index < -0.39 is 12.3 Å². The van der Waals surface area contributed by atoms with E-state index in [0.29, 0.717) is 5.69 Å². The maximum atomic E-state index is 12.6. The second kappa shape index (κ2) is 5.57. The Balaban J connectivity index is 3.15. The Labute approximate surface area is 99.3 Å². The number of hydrogen-bond acceptors (Lipinski definition) is 1. The summed E-state index contributed by atoms with van der Waals surface area (Å²) in [5.41, 5.74) is 1.14. The first-order chi connectivity index (χ1) is 7.95. The molecule has 0 radical (unpaired) electrons. The predicted octanol–water partition coefficient (Wildman–Crippen LogP) is 3.87. The summed E-state index contributed by atoms with van der Waals surface area (Å²) in [5, 5.41) is 2.55. The van der Waals surface area contributed by atoms with Crippen molar-refractivity contribution in [3.8, 4) is 0 Å². The van der Waals surface area contributed by atoms with Gasteiger partial charge in [0, 0.05) is 11.3 Å². The molecule has 1 aromatic rings. The van der Waals surface area contributed by atoms with Gasteiger partial charge in [0.2, 0.25) is 5.91 Å². The minimum absolute atomic E-state index is 0.103. The number of benzene rings is 1. The summed E-state index contributed by atoms with van der Waals surface area (Å²) in [5.74, 6) is -0.264. The molecule has 0 aliphatic carbocycles. The molecule has 0 saturated carbocycles. The maximum absolute atomic E-state index is 12.6. The highest BCUT2D eigenvalue weighted by atomic mass is 19.3. The van der Waals surface area contributed by atoms with Crippen LogP contribution in [0, 0.1) is 0 Å². The Morgan fingerprint density at radius 3 is 2.53 bits per heavy atom. The maximum Gasteiger partial charge on any atom is 0.263 e. The number of hydrogen-bond donors (Lipinski definition) is 1. The first-order valence-electron chi connectivity index (χ1n) is 5.31. The fourth-order valence-electron chi connectivity index (χ4n) is 1.51. The lowest BCUT2D eigenvalue weighted by atomic mass is 9.99. The first kappa shape index (κ1) is 13.4. The first-order valence-corrected chi connectivity index (χ1v) is 5.31. The molecular weight excluding hydrogens is 224 g/mol. The summed E-state index contributed by atoms with van der Waals surface area (Å²) in [4.78, 5) is 11.2. The number of carbonyl (C=O) groups is 1. The van der Waals surface area contributed by atoms with Gasteiger partial charge in [0.25, 0.3) is 6.43 Å². The van der Waals surface area contributed by atoms with Crippen LogP contribution in [0.5, 0.6) is 0 Å². The van der Waals surface area contributed by atoms with Gasteiger partial charge in [-0.2, -0.15) is 0 Å². The van der Waals surface area contributed by atoms with E-state index >= 15 is 0 Å². The average Bonchev–Trinajstić information content (AvgIpc) is 2.28. The van der Waals surface area contributed by atoms with E-state index in [1.165, 1.54) is 12.1 Å². The fourth-order valence-corrected chi connectivity index (χ4v) is 1.51. The van der Waals surface area contributed by atoms with Crippen LogP contribution in [-0.2, 0) is 4.79 Å². The molecule has 0 unspecified atom stereocenters. The second-order valence-electron chi connectivity index (χ2n) is 4.00. The van der Waals surface area contributed by atoms with Crippen molar-refractivity contribution >= 4 is 11.6 Å². The third kappa shape index (κ3) is 3.37. The van der Waals surface area contributed by atoms with E-state index in [1.807, 2.05) is 13.8 Å². The minimum atomic E-state index is -2.55. The Hall–Kier alpha value is -1.71. The van der Waals surface area contributed by atoms with E-state index in [2.05, 4.69) is 11.9 Å². The molecule has 1 rings (SSSR count). The molecule has 0 fully saturated rings. The van der Waals surface area contributed by atoms with Crippen LogP contribution >= 0.6 is 0 Å². The topological polar surface area (TPSA) is 29.1 Å². The molecule has 0 bridgehead atoms. The summed E-state index contributed by atoms with van der Waals surface area (Å²) in [6, 6.07) is 4.30. The Kier molecular flexibility index (Phi) is 4.37. The lowest BCUT2D eigenvalue weighted by molar-refractivity contribution is -0.111. The minimum Gasteiger partial charge on any atom is -0.322 e. The zero-order valence-corrected chi connectivity index (χ0v) is 9.84. The van der Waals surface area contributed by atoms with Crippen LogP contribution < -0.4 is 5.32 Å². The van der Waals surface area contributed by atoms with Crippen molar-refractivity contribution in [1.82, 2.24) is 0 Å². The number of carbonyl (C=O) groups excluding carboxylic acids is 1. The Morgan fingerprint density at radius 1 is 1.41 bits per heavy atom. The number of amides is 1. The normalized spacial score (nSPS) is 10.7. The van der Waals surface area contributed by atoms with Gasteiger partial charge in [-0.3, -0.25) is 4.79 Å². The van der Waals surface area contributed by atoms with Gasteiger partial charge in [-0.25, -0.2) is 8.78 Å². The van der Waals surface area contributed by atoms with Gasteiger partial charge in [0.05, 0.1) is 0 Å². The van der Waals surface area contributed by atoms with E-state index in [0.717, 1.165) is 11.6 Å². The SMILES string of the molecule is C=CC(=O)Nc1cc(C(F)F)ccc1C(C)C. The molecule has 0 aliphatic heterocycles. The standard InChI is InChI=1S/C13H15F2NO/c1-4-12(17)16-11-7-9(13(14)15)5-6-10(11)8(2)3/h4-8,13H,1H2,2-3H3,(H,16,17). The van der Waals surface area contributed by atoms with Gasteiger partial charge in [-0.05, 0) is 23.6 Å². The molecule has 1 aromatic carbocycles. The van der Waals surface area contributed by atoms with E-state index in [4.69, 9.17) is 0 Å². The molecule has 0 heterocycles. The van der Waals surface area contributed by atoms with Gasteiger partial charge in [-0.15, -0.1) is 0 Å². The Morgan fingerprint density at radius 2 is 2.06 bits per heavy atom. The van der Waals surface area contributed by atoms with Crippen molar-refractivity contribution < 1.29 is 13.6 Å². The Bertz CT molecular complexity index is 427. The molecule has 2 nitrogen and oxygen atoms in total. The molecule has 1 N–H and O–H groups in total. The molecule has 92 valence electrons. The lowest BCUT2D eigenvalue weighted by Gasteiger charge is -2.14. The number of anilines is 1. The van der Waals surface area contributed by atoms with Gasteiger partial charge in [0.1, 0.15) is 0 Å². The van der Waals surface area contributed by atoms with Crippen LogP contribution in [0.4, 0.5) is 14.5 Å². The zero-order chi connectivity index (χ0) is 13.0. The molecule has 0 aliphatic rings. The van der Waals surface area contributed by atoms with Crippen molar-refractivity contribution in [1.29, 1.82) is 0 Å². The summed E-state index contributed by atoms with van der Waals surface area (Å²) in [6.07, 6.45) is -1.44. The van der Waals surface area contributed by atoms with Crippen molar-refractivity contribution in [2.75, 3.05) is 5.32 Å². The molecule has 0 spiro atoms. The van der Waals surface area contributed by atoms with Crippen LogP contribution in [-0.4, -0.2) is 5.91 Å². The number of rotatable bonds is 4. The van der Waals surface area contributed by atoms with Crippen LogP contribution in [0.1, 0.15) is 37.3 Å². The molecule has 0 atom stereocenters. The summed E-state index contributed by atoms with van der Waals surface area (Å²) < 4.78 is 25.1. The van der Waals surface area contributed by atoms with Crippen molar-refractivity contribution in [2.24, 2.45) is 0 Å². The second-order valence-corrected chi connectivity index (χ2v) is 4.00. The van der Waals surface area contributed by atoms with Crippen LogP contribution in [0.15, 0.2) is 30.9 Å². The van der Waals surface area contributed by atoms with E-state index in [-0.39, 0.29) is 11.5 Å².